The van der Waals surface area contributed by atoms with E-state index >= 15 is 0 Å². The van der Waals surface area contributed by atoms with E-state index in [2.05, 4.69) is 132 Å². The van der Waals surface area contributed by atoms with Crippen molar-refractivity contribution in [2.45, 2.75) is 0 Å². The Balaban J connectivity index is 1.01. The number of hydrogen-bond acceptors (Lipinski definition) is 5. The van der Waals surface area contributed by atoms with Crippen molar-refractivity contribution in [2.75, 3.05) is 4.90 Å². The van der Waals surface area contributed by atoms with E-state index < -0.39 is 0 Å². The van der Waals surface area contributed by atoms with Gasteiger partial charge in [0.05, 0.1) is 5.69 Å². The van der Waals surface area contributed by atoms with Gasteiger partial charge in [0.15, 0.2) is 17.5 Å². The minimum absolute atomic E-state index is 0.596. The van der Waals surface area contributed by atoms with Crippen molar-refractivity contribution < 1.29 is 4.42 Å². The molecule has 10 aromatic rings. The lowest BCUT2D eigenvalue weighted by Gasteiger charge is -2.27. The van der Waals surface area contributed by atoms with Crippen LogP contribution in [0.4, 0.5) is 17.1 Å². The summed E-state index contributed by atoms with van der Waals surface area (Å²) in [6.45, 7) is 0. The van der Waals surface area contributed by atoms with Crippen molar-refractivity contribution in [3.63, 3.8) is 0 Å². The monoisotopic (exact) mass is 692 g/mol. The fraction of sp³-hybridized carbons (Fsp3) is 0. The van der Waals surface area contributed by atoms with Gasteiger partial charge in [0.1, 0.15) is 11.2 Å². The van der Waals surface area contributed by atoms with Crippen LogP contribution in [0.2, 0.25) is 0 Å². The first-order valence-electron chi connectivity index (χ1n) is 18.0. The zero-order valence-electron chi connectivity index (χ0n) is 29.2. The summed E-state index contributed by atoms with van der Waals surface area (Å²) in [5, 5.41) is 4.52. The number of hydrogen-bond donors (Lipinski definition) is 0. The van der Waals surface area contributed by atoms with Crippen LogP contribution in [0.3, 0.4) is 0 Å². The Hall–Kier alpha value is -7.37. The third-order valence-corrected chi connectivity index (χ3v) is 9.91. The van der Waals surface area contributed by atoms with Crippen LogP contribution in [-0.2, 0) is 0 Å². The highest BCUT2D eigenvalue weighted by atomic mass is 16.3. The van der Waals surface area contributed by atoms with Crippen LogP contribution in [0.15, 0.2) is 199 Å². The molecule has 8 aromatic carbocycles. The Morgan fingerprint density at radius 1 is 0.333 bits per heavy atom. The van der Waals surface area contributed by atoms with Gasteiger partial charge in [-0.15, -0.1) is 0 Å². The van der Waals surface area contributed by atoms with E-state index in [0.717, 1.165) is 66.8 Å². The van der Waals surface area contributed by atoms with Gasteiger partial charge in [-0.05, 0) is 71.1 Å². The van der Waals surface area contributed by atoms with Gasteiger partial charge in [-0.25, -0.2) is 15.0 Å². The number of furan rings is 1. The summed E-state index contributed by atoms with van der Waals surface area (Å²) in [5.41, 5.74) is 9.94. The van der Waals surface area contributed by atoms with Crippen molar-refractivity contribution >= 4 is 49.8 Å². The third kappa shape index (κ3) is 5.74. The minimum Gasteiger partial charge on any atom is -0.456 e. The molecule has 0 bridgehead atoms. The normalized spacial score (nSPS) is 11.3. The van der Waals surface area contributed by atoms with Crippen LogP contribution in [-0.4, -0.2) is 15.0 Å². The van der Waals surface area contributed by atoms with Crippen molar-refractivity contribution in [3.05, 3.63) is 194 Å². The molecule has 0 spiro atoms. The molecule has 5 heteroatoms. The molecule has 2 aromatic heterocycles. The summed E-state index contributed by atoms with van der Waals surface area (Å²) in [6.07, 6.45) is 0. The van der Waals surface area contributed by atoms with E-state index in [0.29, 0.717) is 17.5 Å². The van der Waals surface area contributed by atoms with Gasteiger partial charge in [-0.2, -0.15) is 0 Å². The lowest BCUT2D eigenvalue weighted by Crippen LogP contribution is -2.10. The number of anilines is 3. The molecule has 54 heavy (non-hydrogen) atoms. The summed E-state index contributed by atoms with van der Waals surface area (Å²) in [5.74, 6) is 1.85. The number of aromatic nitrogens is 3. The van der Waals surface area contributed by atoms with Crippen LogP contribution in [0.5, 0.6) is 0 Å². The summed E-state index contributed by atoms with van der Waals surface area (Å²) >= 11 is 0. The summed E-state index contributed by atoms with van der Waals surface area (Å²) < 4.78 is 6.44. The van der Waals surface area contributed by atoms with Crippen LogP contribution >= 0.6 is 0 Å². The molecule has 0 saturated carbocycles. The SMILES string of the molecule is c1ccc(-c2nc(-c3ccccc3)nc(-c3ccc4c(c3)oc3ccc(-c5ccc(N(c6ccccc6)c6cccc7ccccc67)cc5)cc34)n2)cc1. The Labute approximate surface area is 312 Å². The molecule has 0 fully saturated rings. The highest BCUT2D eigenvalue weighted by Gasteiger charge is 2.17. The summed E-state index contributed by atoms with van der Waals surface area (Å²) in [4.78, 5) is 17.0. The van der Waals surface area contributed by atoms with E-state index in [4.69, 9.17) is 19.4 Å². The highest BCUT2D eigenvalue weighted by Crippen LogP contribution is 2.40. The molecule has 5 nitrogen and oxygen atoms in total. The molecule has 0 unspecified atom stereocenters. The van der Waals surface area contributed by atoms with Gasteiger partial charge < -0.3 is 9.32 Å². The van der Waals surface area contributed by atoms with E-state index in [1.807, 2.05) is 66.7 Å². The van der Waals surface area contributed by atoms with Crippen LogP contribution in [0, 0.1) is 0 Å². The Kier molecular flexibility index (Phi) is 7.73. The maximum atomic E-state index is 6.44. The molecule has 0 atom stereocenters. The molecule has 0 saturated heterocycles. The second kappa shape index (κ2) is 13.3. The predicted molar refractivity (Wildman–Crippen MR) is 221 cm³/mol. The first kappa shape index (κ1) is 31.4. The third-order valence-electron chi connectivity index (χ3n) is 9.91. The van der Waals surface area contributed by atoms with Gasteiger partial charge in [0, 0.05) is 44.2 Å². The molecular formula is C49H32N4O. The van der Waals surface area contributed by atoms with Crippen LogP contribution < -0.4 is 4.90 Å². The number of para-hydroxylation sites is 1. The van der Waals surface area contributed by atoms with Crippen molar-refractivity contribution in [1.29, 1.82) is 0 Å². The smallest absolute Gasteiger partial charge is 0.164 e. The molecule has 0 radical (unpaired) electrons. The average Bonchev–Trinajstić information content (AvgIpc) is 3.62. The van der Waals surface area contributed by atoms with E-state index in [-0.39, 0.29) is 0 Å². The zero-order chi connectivity index (χ0) is 35.8. The Bertz CT molecular complexity index is 2860. The topological polar surface area (TPSA) is 55.1 Å². The fourth-order valence-corrected chi connectivity index (χ4v) is 7.24. The molecule has 254 valence electrons. The van der Waals surface area contributed by atoms with Crippen molar-refractivity contribution in [1.82, 2.24) is 15.0 Å². The summed E-state index contributed by atoms with van der Waals surface area (Å²) in [7, 11) is 0. The Morgan fingerprint density at radius 3 is 1.59 bits per heavy atom. The van der Waals surface area contributed by atoms with Crippen LogP contribution in [0.1, 0.15) is 0 Å². The molecule has 0 N–H and O–H groups in total. The molecule has 2 heterocycles. The maximum absolute atomic E-state index is 6.44. The zero-order valence-corrected chi connectivity index (χ0v) is 29.2. The first-order valence-corrected chi connectivity index (χ1v) is 18.0. The number of benzene rings is 8. The standard InChI is InChI=1S/C49H32N4O/c1-4-14-35(15-5-1)47-50-48(36-16-6-2-7-17-36)52-49(51-47)38-25-29-42-43-31-37(26-30-45(43)54-46(42)32-38)33-23-27-40(28-24-33)53(39-19-8-3-9-20-39)44-22-12-18-34-13-10-11-21-41(34)44/h1-32H. The van der Waals surface area contributed by atoms with E-state index in [1.165, 1.54) is 10.8 Å². The quantitative estimate of drug-likeness (QED) is 0.166. The lowest BCUT2D eigenvalue weighted by atomic mass is 10.0. The number of nitrogens with zero attached hydrogens (tertiary/aromatic N) is 4. The molecule has 10 rings (SSSR count). The molecule has 0 amide bonds. The molecule has 0 aliphatic rings. The van der Waals surface area contributed by atoms with Gasteiger partial charge in [-0.1, -0.05) is 140 Å². The first-order chi connectivity index (χ1) is 26.7. The highest BCUT2D eigenvalue weighted by molar-refractivity contribution is 6.07. The predicted octanol–water partition coefficient (Wildman–Crippen LogP) is 13.1. The average molecular weight is 693 g/mol. The molecular weight excluding hydrogens is 661 g/mol. The lowest BCUT2D eigenvalue weighted by molar-refractivity contribution is 0.669. The Morgan fingerprint density at radius 2 is 0.889 bits per heavy atom. The van der Waals surface area contributed by atoms with Gasteiger partial charge >= 0.3 is 0 Å². The van der Waals surface area contributed by atoms with E-state index in [9.17, 15) is 0 Å². The number of fused-ring (bicyclic) bond motifs is 4. The van der Waals surface area contributed by atoms with Gasteiger partial charge in [0.2, 0.25) is 0 Å². The van der Waals surface area contributed by atoms with Crippen molar-refractivity contribution in [2.24, 2.45) is 0 Å². The van der Waals surface area contributed by atoms with Gasteiger partial charge in [0.25, 0.3) is 0 Å². The summed E-state index contributed by atoms with van der Waals surface area (Å²) in [6, 6.07) is 67.1. The van der Waals surface area contributed by atoms with Crippen molar-refractivity contribution in [3.8, 4) is 45.3 Å². The fourth-order valence-electron chi connectivity index (χ4n) is 7.24. The maximum Gasteiger partial charge on any atom is 0.164 e. The molecule has 0 aliphatic carbocycles. The number of rotatable bonds is 7. The second-order valence-corrected chi connectivity index (χ2v) is 13.3. The van der Waals surface area contributed by atoms with Crippen LogP contribution in [0.25, 0.3) is 78.0 Å². The molecule has 0 aliphatic heterocycles. The van der Waals surface area contributed by atoms with E-state index in [1.54, 1.807) is 0 Å². The van der Waals surface area contributed by atoms with Gasteiger partial charge in [-0.3, -0.25) is 0 Å². The largest absolute Gasteiger partial charge is 0.456 e. The minimum atomic E-state index is 0.596. The second-order valence-electron chi connectivity index (χ2n) is 13.3.